The number of carbonyl (C=O) groups excluding carboxylic acids is 2. The van der Waals surface area contributed by atoms with Gasteiger partial charge in [0.1, 0.15) is 0 Å². The van der Waals surface area contributed by atoms with E-state index in [1.54, 1.807) is 36.4 Å². The molecule has 1 N–H and O–H groups in total. The van der Waals surface area contributed by atoms with Gasteiger partial charge in [0, 0.05) is 34.9 Å². The Bertz CT molecular complexity index is 769. The molecule has 0 saturated heterocycles. The molecule has 4 nitrogen and oxygen atoms in total. The van der Waals surface area contributed by atoms with Gasteiger partial charge in [-0.3, -0.25) is 14.9 Å². The highest BCUT2D eigenvalue weighted by molar-refractivity contribution is 6.36. The van der Waals surface area contributed by atoms with E-state index >= 15 is 0 Å². The summed E-state index contributed by atoms with van der Waals surface area (Å²) in [4.78, 5) is 25.2. The first-order valence-corrected chi connectivity index (χ1v) is 7.36. The minimum Gasteiger partial charge on any atom is -0.370 e. The number of carbonyl (C=O) groups is 2. The topological polar surface area (TPSA) is 49.4 Å². The van der Waals surface area contributed by atoms with Crippen LogP contribution in [0.1, 0.15) is 26.3 Å². The molecule has 0 unspecified atom stereocenters. The molecule has 0 aromatic heterocycles. The number of amides is 2. The van der Waals surface area contributed by atoms with Gasteiger partial charge < -0.3 is 4.90 Å². The Labute approximate surface area is 137 Å². The Morgan fingerprint density at radius 3 is 2.32 bits per heavy atom. The predicted molar refractivity (Wildman–Crippen MR) is 86.8 cm³/mol. The summed E-state index contributed by atoms with van der Waals surface area (Å²) < 4.78 is 0. The summed E-state index contributed by atoms with van der Waals surface area (Å²) in [6, 6.07) is 10.5. The van der Waals surface area contributed by atoms with E-state index in [-0.39, 0.29) is 11.8 Å². The van der Waals surface area contributed by atoms with Gasteiger partial charge in [0.15, 0.2) is 0 Å². The standard InChI is InChI=1S/C16H12Cl2N2O2/c1-20(8-12-13(17)3-2-4-14(12)18)9-5-6-10-11(7-9)16(22)19-15(10)21/h2-7H,8H2,1H3,(H,19,21,22). The van der Waals surface area contributed by atoms with Crippen LogP contribution in [0.3, 0.4) is 0 Å². The van der Waals surface area contributed by atoms with E-state index < -0.39 is 0 Å². The van der Waals surface area contributed by atoms with E-state index in [4.69, 9.17) is 23.2 Å². The van der Waals surface area contributed by atoms with Crippen LogP contribution in [0.25, 0.3) is 0 Å². The molecule has 0 fully saturated rings. The van der Waals surface area contributed by atoms with Gasteiger partial charge in [0.05, 0.1) is 11.1 Å². The molecule has 1 aliphatic rings. The van der Waals surface area contributed by atoms with Crippen LogP contribution in [0.5, 0.6) is 0 Å². The lowest BCUT2D eigenvalue weighted by molar-refractivity contribution is 0.0879. The number of imide groups is 1. The van der Waals surface area contributed by atoms with E-state index in [0.29, 0.717) is 27.7 Å². The average molecular weight is 335 g/mol. The highest BCUT2D eigenvalue weighted by Crippen LogP contribution is 2.28. The molecular formula is C16H12Cl2N2O2. The second-order valence-electron chi connectivity index (χ2n) is 5.07. The van der Waals surface area contributed by atoms with Gasteiger partial charge in [-0.25, -0.2) is 0 Å². The fourth-order valence-electron chi connectivity index (χ4n) is 2.41. The van der Waals surface area contributed by atoms with Gasteiger partial charge in [0.2, 0.25) is 0 Å². The summed E-state index contributed by atoms with van der Waals surface area (Å²) in [7, 11) is 1.87. The summed E-state index contributed by atoms with van der Waals surface area (Å²) in [5, 5.41) is 3.46. The molecule has 3 rings (SSSR count). The van der Waals surface area contributed by atoms with Crippen molar-refractivity contribution in [2.75, 3.05) is 11.9 Å². The van der Waals surface area contributed by atoms with E-state index in [1.165, 1.54) is 0 Å². The molecule has 0 aliphatic carbocycles. The zero-order chi connectivity index (χ0) is 15.9. The number of rotatable bonds is 3. The zero-order valence-electron chi connectivity index (χ0n) is 11.7. The van der Waals surface area contributed by atoms with Gasteiger partial charge >= 0.3 is 0 Å². The molecule has 6 heteroatoms. The van der Waals surface area contributed by atoms with E-state index in [2.05, 4.69) is 5.32 Å². The third-order valence-electron chi connectivity index (χ3n) is 3.62. The van der Waals surface area contributed by atoms with Crippen molar-refractivity contribution in [3.63, 3.8) is 0 Å². The first kappa shape index (κ1) is 14.9. The Morgan fingerprint density at radius 1 is 1.00 bits per heavy atom. The molecule has 1 aliphatic heterocycles. The van der Waals surface area contributed by atoms with Crippen molar-refractivity contribution in [3.05, 3.63) is 63.1 Å². The molecule has 0 radical (unpaired) electrons. The van der Waals surface area contributed by atoms with Gasteiger partial charge in [-0.05, 0) is 30.3 Å². The summed E-state index contributed by atoms with van der Waals surface area (Å²) in [5.41, 5.74) is 2.41. The molecule has 0 spiro atoms. The summed E-state index contributed by atoms with van der Waals surface area (Å²) in [6.07, 6.45) is 0. The predicted octanol–water partition coefficient (Wildman–Crippen LogP) is 3.51. The van der Waals surface area contributed by atoms with E-state index in [1.807, 2.05) is 11.9 Å². The maximum atomic E-state index is 11.7. The number of halogens is 2. The second kappa shape index (κ2) is 5.63. The van der Waals surface area contributed by atoms with Crippen LogP contribution in [0, 0.1) is 0 Å². The maximum Gasteiger partial charge on any atom is 0.259 e. The van der Waals surface area contributed by atoms with Crippen molar-refractivity contribution in [3.8, 4) is 0 Å². The summed E-state index contributed by atoms with van der Waals surface area (Å²) >= 11 is 12.4. The summed E-state index contributed by atoms with van der Waals surface area (Å²) in [6.45, 7) is 0.493. The lowest BCUT2D eigenvalue weighted by Crippen LogP contribution is -2.20. The Hall–Kier alpha value is -2.04. The van der Waals surface area contributed by atoms with Crippen LogP contribution < -0.4 is 10.2 Å². The largest absolute Gasteiger partial charge is 0.370 e. The van der Waals surface area contributed by atoms with E-state index in [9.17, 15) is 9.59 Å². The molecule has 22 heavy (non-hydrogen) atoms. The van der Waals surface area contributed by atoms with E-state index in [0.717, 1.165) is 11.3 Å². The number of hydrogen-bond acceptors (Lipinski definition) is 3. The zero-order valence-corrected chi connectivity index (χ0v) is 13.2. The molecule has 0 saturated carbocycles. The normalized spacial score (nSPS) is 13.0. The Balaban J connectivity index is 1.91. The highest BCUT2D eigenvalue weighted by Gasteiger charge is 2.27. The van der Waals surface area contributed by atoms with Gasteiger partial charge in [0.25, 0.3) is 11.8 Å². The number of anilines is 1. The quantitative estimate of drug-likeness (QED) is 0.874. The van der Waals surface area contributed by atoms with Crippen LogP contribution in [0.15, 0.2) is 36.4 Å². The molecule has 2 amide bonds. The monoisotopic (exact) mass is 334 g/mol. The second-order valence-corrected chi connectivity index (χ2v) is 5.88. The molecule has 0 atom stereocenters. The molecule has 2 aromatic rings. The van der Waals surface area contributed by atoms with Gasteiger partial charge in [-0.2, -0.15) is 0 Å². The van der Waals surface area contributed by atoms with Crippen molar-refractivity contribution in [1.82, 2.24) is 5.32 Å². The third-order valence-corrected chi connectivity index (χ3v) is 4.33. The highest BCUT2D eigenvalue weighted by atomic mass is 35.5. The molecule has 2 aromatic carbocycles. The average Bonchev–Trinajstić information content (AvgIpc) is 2.77. The van der Waals surface area contributed by atoms with Crippen molar-refractivity contribution in [2.45, 2.75) is 6.54 Å². The first-order valence-electron chi connectivity index (χ1n) is 6.61. The maximum absolute atomic E-state index is 11.7. The SMILES string of the molecule is CN(Cc1c(Cl)cccc1Cl)c1ccc2c(c1)C(=O)NC2=O. The van der Waals surface area contributed by atoms with Crippen molar-refractivity contribution in [2.24, 2.45) is 0 Å². The lowest BCUT2D eigenvalue weighted by atomic mass is 10.1. The van der Waals surface area contributed by atoms with Crippen LogP contribution in [0.4, 0.5) is 5.69 Å². The Morgan fingerprint density at radius 2 is 1.64 bits per heavy atom. The van der Waals surface area contributed by atoms with Crippen molar-refractivity contribution in [1.29, 1.82) is 0 Å². The minimum absolute atomic E-state index is 0.358. The van der Waals surface area contributed by atoms with Crippen LogP contribution in [-0.2, 0) is 6.54 Å². The van der Waals surface area contributed by atoms with Gasteiger partial charge in [-0.15, -0.1) is 0 Å². The third kappa shape index (κ3) is 2.56. The fraction of sp³-hybridized carbons (Fsp3) is 0.125. The lowest BCUT2D eigenvalue weighted by Gasteiger charge is -2.21. The van der Waals surface area contributed by atoms with Crippen molar-refractivity contribution < 1.29 is 9.59 Å². The summed E-state index contributed by atoms with van der Waals surface area (Å²) in [5.74, 6) is -0.727. The molecule has 112 valence electrons. The van der Waals surface area contributed by atoms with Crippen LogP contribution in [-0.4, -0.2) is 18.9 Å². The molecule has 1 heterocycles. The molecular weight excluding hydrogens is 323 g/mol. The fourth-order valence-corrected chi connectivity index (χ4v) is 2.92. The first-order chi connectivity index (χ1) is 10.5. The number of nitrogens with one attached hydrogen (secondary N) is 1. The smallest absolute Gasteiger partial charge is 0.259 e. The Kier molecular flexibility index (Phi) is 3.81. The minimum atomic E-state index is -0.369. The number of fused-ring (bicyclic) bond motifs is 1. The number of hydrogen-bond donors (Lipinski definition) is 1. The molecule has 0 bridgehead atoms. The number of nitrogens with zero attached hydrogens (tertiary/aromatic N) is 1. The van der Waals surface area contributed by atoms with Crippen LogP contribution in [0.2, 0.25) is 10.0 Å². The van der Waals surface area contributed by atoms with Crippen LogP contribution >= 0.6 is 23.2 Å². The van der Waals surface area contributed by atoms with Gasteiger partial charge in [-0.1, -0.05) is 29.3 Å². The number of benzene rings is 2. The van der Waals surface area contributed by atoms with Crippen molar-refractivity contribution >= 4 is 40.7 Å².